The zero-order valence-corrected chi connectivity index (χ0v) is 10.9. The van der Waals surface area contributed by atoms with Gasteiger partial charge in [0.1, 0.15) is 5.88 Å². The van der Waals surface area contributed by atoms with Crippen LogP contribution in [-0.2, 0) is 4.79 Å². The number of carbonyl (C=O) groups excluding carboxylic acids is 1. The number of rotatable bonds is 2. The van der Waals surface area contributed by atoms with Crippen LogP contribution in [0.4, 0.5) is 0 Å². The van der Waals surface area contributed by atoms with Gasteiger partial charge in [0.05, 0.1) is 0 Å². The molecule has 1 amide bonds. The SMILES string of the molecule is CC1(C)[C@H]2CC[C@]1(C)/C(=N/NC(=O)CCl)C2. The van der Waals surface area contributed by atoms with Gasteiger partial charge in [0.2, 0.25) is 0 Å². The molecule has 4 heteroatoms. The van der Waals surface area contributed by atoms with E-state index in [0.717, 1.165) is 12.1 Å². The van der Waals surface area contributed by atoms with E-state index in [-0.39, 0.29) is 17.2 Å². The van der Waals surface area contributed by atoms with Crippen LogP contribution in [0.15, 0.2) is 5.10 Å². The second-order valence-corrected chi connectivity index (χ2v) is 5.99. The molecule has 16 heavy (non-hydrogen) atoms. The van der Waals surface area contributed by atoms with E-state index in [4.69, 9.17) is 11.6 Å². The molecular weight excluding hydrogens is 224 g/mol. The molecule has 2 fully saturated rings. The van der Waals surface area contributed by atoms with Crippen LogP contribution < -0.4 is 5.43 Å². The van der Waals surface area contributed by atoms with Crippen molar-refractivity contribution in [3.63, 3.8) is 0 Å². The van der Waals surface area contributed by atoms with Gasteiger partial charge in [-0.25, -0.2) is 5.43 Å². The van der Waals surface area contributed by atoms with E-state index in [2.05, 4.69) is 31.3 Å². The number of hydrogen-bond donors (Lipinski definition) is 1. The van der Waals surface area contributed by atoms with Gasteiger partial charge in [0.15, 0.2) is 0 Å². The number of carbonyl (C=O) groups is 1. The first-order chi connectivity index (χ1) is 7.41. The van der Waals surface area contributed by atoms with Crippen molar-refractivity contribution in [3.8, 4) is 0 Å². The van der Waals surface area contributed by atoms with Crippen LogP contribution in [0.1, 0.15) is 40.0 Å². The van der Waals surface area contributed by atoms with Crippen LogP contribution in [0.3, 0.4) is 0 Å². The predicted octanol–water partition coefficient (Wildman–Crippen LogP) is 2.54. The second kappa shape index (κ2) is 3.73. The predicted molar refractivity (Wildman–Crippen MR) is 65.5 cm³/mol. The highest BCUT2D eigenvalue weighted by molar-refractivity contribution is 6.27. The number of alkyl halides is 1. The molecule has 3 nitrogen and oxygen atoms in total. The normalized spacial score (nSPS) is 38.0. The van der Waals surface area contributed by atoms with E-state index in [0.29, 0.717) is 11.3 Å². The fourth-order valence-electron chi connectivity index (χ4n) is 3.26. The molecule has 0 radical (unpaired) electrons. The minimum Gasteiger partial charge on any atom is -0.272 e. The largest absolute Gasteiger partial charge is 0.272 e. The van der Waals surface area contributed by atoms with Crippen molar-refractivity contribution in [2.45, 2.75) is 40.0 Å². The van der Waals surface area contributed by atoms with Gasteiger partial charge in [-0.15, -0.1) is 11.6 Å². The number of halogens is 1. The molecule has 0 unspecified atom stereocenters. The molecule has 2 atom stereocenters. The minimum absolute atomic E-state index is 0.0275. The molecule has 0 aromatic rings. The van der Waals surface area contributed by atoms with Gasteiger partial charge in [0, 0.05) is 11.1 Å². The second-order valence-electron chi connectivity index (χ2n) is 5.72. The molecule has 90 valence electrons. The molecule has 2 aliphatic carbocycles. The van der Waals surface area contributed by atoms with Crippen LogP contribution in [-0.4, -0.2) is 17.5 Å². The molecule has 0 heterocycles. The standard InChI is InChI=1S/C12H19ClN2O/c1-11(2)8-4-5-12(11,3)9(6-8)14-15-10(16)7-13/h8H,4-7H2,1-3H3,(H,15,16)/b14-9+/t8-,12+/m0/s1. The van der Waals surface area contributed by atoms with Crippen LogP contribution in [0.5, 0.6) is 0 Å². The highest BCUT2D eigenvalue weighted by Crippen LogP contribution is 2.63. The number of hydrazone groups is 1. The van der Waals surface area contributed by atoms with Crippen LogP contribution >= 0.6 is 11.6 Å². The highest BCUT2D eigenvalue weighted by Gasteiger charge is 2.59. The third-order valence-electron chi connectivity index (χ3n) is 4.95. The maximum absolute atomic E-state index is 11.1. The minimum atomic E-state index is -0.224. The average Bonchev–Trinajstić information content (AvgIpc) is 2.58. The molecule has 0 aromatic heterocycles. The van der Waals surface area contributed by atoms with E-state index >= 15 is 0 Å². The Kier molecular flexibility index (Phi) is 2.77. The summed E-state index contributed by atoms with van der Waals surface area (Å²) in [6, 6.07) is 0. The van der Waals surface area contributed by atoms with E-state index < -0.39 is 0 Å². The molecule has 2 aliphatic rings. The number of hydrogen-bond acceptors (Lipinski definition) is 2. The Labute approximate surface area is 102 Å². The number of amides is 1. The van der Waals surface area contributed by atoms with Gasteiger partial charge < -0.3 is 0 Å². The summed E-state index contributed by atoms with van der Waals surface area (Å²) in [5.74, 6) is 0.461. The van der Waals surface area contributed by atoms with Gasteiger partial charge in [-0.1, -0.05) is 20.8 Å². The van der Waals surface area contributed by atoms with E-state index in [9.17, 15) is 4.79 Å². The molecule has 0 aliphatic heterocycles. The lowest BCUT2D eigenvalue weighted by Crippen LogP contribution is -2.34. The van der Waals surface area contributed by atoms with E-state index in [1.165, 1.54) is 12.8 Å². The van der Waals surface area contributed by atoms with Gasteiger partial charge in [-0.05, 0) is 30.6 Å². The summed E-state index contributed by atoms with van der Waals surface area (Å²) in [6.45, 7) is 6.90. The number of nitrogens with zero attached hydrogens (tertiary/aromatic N) is 1. The van der Waals surface area contributed by atoms with Crippen LogP contribution in [0.25, 0.3) is 0 Å². The maximum Gasteiger partial charge on any atom is 0.254 e. The summed E-state index contributed by atoms with van der Waals surface area (Å²) < 4.78 is 0. The van der Waals surface area contributed by atoms with Crippen LogP contribution in [0, 0.1) is 16.7 Å². The third kappa shape index (κ3) is 1.48. The topological polar surface area (TPSA) is 41.5 Å². The van der Waals surface area contributed by atoms with Crippen molar-refractivity contribution in [1.82, 2.24) is 5.43 Å². The van der Waals surface area contributed by atoms with Gasteiger partial charge in [0.25, 0.3) is 5.91 Å². The Balaban J connectivity index is 2.18. The summed E-state index contributed by atoms with van der Waals surface area (Å²) in [5.41, 5.74) is 4.14. The summed E-state index contributed by atoms with van der Waals surface area (Å²) in [6.07, 6.45) is 3.48. The molecule has 0 aromatic carbocycles. The van der Waals surface area contributed by atoms with Crippen LogP contribution in [0.2, 0.25) is 0 Å². The highest BCUT2D eigenvalue weighted by atomic mass is 35.5. The molecule has 2 bridgehead atoms. The first kappa shape index (κ1) is 11.9. The smallest absolute Gasteiger partial charge is 0.254 e. The van der Waals surface area contributed by atoms with Crippen molar-refractivity contribution in [3.05, 3.63) is 0 Å². The van der Waals surface area contributed by atoms with Crippen molar-refractivity contribution in [2.24, 2.45) is 21.8 Å². The molecule has 2 rings (SSSR count). The average molecular weight is 243 g/mol. The van der Waals surface area contributed by atoms with Gasteiger partial charge in [-0.2, -0.15) is 5.10 Å². The zero-order chi connectivity index (χ0) is 12.0. The lowest BCUT2D eigenvalue weighted by molar-refractivity contribution is -0.118. The molecule has 1 N–H and O–H groups in total. The number of nitrogens with one attached hydrogen (secondary N) is 1. The quantitative estimate of drug-likeness (QED) is 0.587. The fraction of sp³-hybridized carbons (Fsp3) is 0.833. The summed E-state index contributed by atoms with van der Waals surface area (Å²) in [4.78, 5) is 11.1. The monoisotopic (exact) mass is 242 g/mol. The van der Waals surface area contributed by atoms with Crippen molar-refractivity contribution >= 4 is 23.2 Å². The Morgan fingerprint density at radius 3 is 2.69 bits per heavy atom. The van der Waals surface area contributed by atoms with Crippen molar-refractivity contribution < 1.29 is 4.79 Å². The first-order valence-corrected chi connectivity index (χ1v) is 6.37. The Morgan fingerprint density at radius 1 is 1.56 bits per heavy atom. The molecule has 2 saturated carbocycles. The lowest BCUT2D eigenvalue weighted by atomic mass is 9.70. The fourth-order valence-corrected chi connectivity index (χ4v) is 3.32. The van der Waals surface area contributed by atoms with Crippen molar-refractivity contribution in [2.75, 3.05) is 5.88 Å². The summed E-state index contributed by atoms with van der Waals surface area (Å²) in [5, 5.41) is 4.28. The molecule has 0 saturated heterocycles. The Morgan fingerprint density at radius 2 is 2.25 bits per heavy atom. The van der Waals surface area contributed by atoms with Crippen molar-refractivity contribution in [1.29, 1.82) is 0 Å². The number of fused-ring (bicyclic) bond motifs is 2. The Bertz CT molecular complexity index is 351. The van der Waals surface area contributed by atoms with Gasteiger partial charge >= 0.3 is 0 Å². The third-order valence-corrected chi connectivity index (χ3v) is 5.19. The lowest BCUT2D eigenvalue weighted by Gasteiger charge is -2.34. The molecule has 0 spiro atoms. The summed E-state index contributed by atoms with van der Waals surface area (Å²) >= 11 is 5.43. The first-order valence-electron chi connectivity index (χ1n) is 5.83. The Hall–Kier alpha value is -0.570. The molecular formula is C12H19ClN2O. The zero-order valence-electron chi connectivity index (χ0n) is 10.1. The van der Waals surface area contributed by atoms with E-state index in [1.54, 1.807) is 0 Å². The van der Waals surface area contributed by atoms with Gasteiger partial charge in [-0.3, -0.25) is 4.79 Å². The maximum atomic E-state index is 11.1. The van der Waals surface area contributed by atoms with E-state index in [1.807, 2.05) is 0 Å². The summed E-state index contributed by atoms with van der Waals surface area (Å²) in [7, 11) is 0.